The maximum Gasteiger partial charge on any atom is 0.242 e. The zero-order valence-corrected chi connectivity index (χ0v) is 13.4. The van der Waals surface area contributed by atoms with Crippen LogP contribution >= 0.6 is 0 Å². The van der Waals surface area contributed by atoms with Crippen molar-refractivity contribution in [2.75, 3.05) is 13.2 Å². The number of nitrogens with zero attached hydrogens (tertiary/aromatic N) is 1. The normalized spacial score (nSPS) is 20.1. The van der Waals surface area contributed by atoms with Crippen molar-refractivity contribution in [2.45, 2.75) is 56.8 Å². The first-order chi connectivity index (χ1) is 9.94. The highest BCUT2D eigenvalue weighted by atomic mass is 32.2. The van der Waals surface area contributed by atoms with Crippen LogP contribution in [-0.2, 0) is 21.4 Å². The van der Waals surface area contributed by atoms with Crippen LogP contribution < -0.4 is 4.72 Å². The maximum absolute atomic E-state index is 12.3. The molecule has 21 heavy (non-hydrogen) atoms. The third kappa shape index (κ3) is 4.06. The van der Waals surface area contributed by atoms with Gasteiger partial charge in [-0.1, -0.05) is 0 Å². The quantitative estimate of drug-likeness (QED) is 0.831. The van der Waals surface area contributed by atoms with E-state index in [-0.39, 0.29) is 23.6 Å². The van der Waals surface area contributed by atoms with Crippen molar-refractivity contribution in [1.82, 2.24) is 9.29 Å². The minimum Gasteiger partial charge on any atom is -0.390 e. The van der Waals surface area contributed by atoms with Crippen molar-refractivity contribution in [1.29, 1.82) is 0 Å². The highest BCUT2D eigenvalue weighted by molar-refractivity contribution is 7.89. The SMILES string of the molecule is CC(C)n1cc(S(=O)(=O)NCC2CCCCO2)cc1CO. The van der Waals surface area contributed by atoms with Gasteiger partial charge in [-0.05, 0) is 39.2 Å². The predicted octanol–water partition coefficient (Wildman–Crippen LogP) is 1.41. The molecule has 0 spiro atoms. The molecule has 2 rings (SSSR count). The molecule has 0 saturated carbocycles. The van der Waals surface area contributed by atoms with Gasteiger partial charge in [0.1, 0.15) is 0 Å². The van der Waals surface area contributed by atoms with Gasteiger partial charge < -0.3 is 14.4 Å². The average Bonchev–Trinajstić information content (AvgIpc) is 2.92. The number of sulfonamides is 1. The van der Waals surface area contributed by atoms with Crippen LogP contribution in [0.1, 0.15) is 44.8 Å². The van der Waals surface area contributed by atoms with Crippen LogP contribution in [0.5, 0.6) is 0 Å². The summed E-state index contributed by atoms with van der Waals surface area (Å²) in [6.45, 7) is 4.70. The average molecular weight is 316 g/mol. The van der Waals surface area contributed by atoms with Gasteiger partial charge in [0, 0.05) is 31.1 Å². The Morgan fingerprint density at radius 2 is 2.24 bits per heavy atom. The predicted molar refractivity (Wildman–Crippen MR) is 79.5 cm³/mol. The fourth-order valence-electron chi connectivity index (χ4n) is 2.51. The molecule has 1 aromatic heterocycles. The number of hydrogen-bond acceptors (Lipinski definition) is 4. The summed E-state index contributed by atoms with van der Waals surface area (Å²) in [5.74, 6) is 0. The molecule has 0 radical (unpaired) electrons. The lowest BCUT2D eigenvalue weighted by atomic mass is 10.1. The molecule has 1 saturated heterocycles. The fraction of sp³-hybridized carbons (Fsp3) is 0.714. The fourth-order valence-corrected chi connectivity index (χ4v) is 3.62. The molecular formula is C14H24N2O4S. The lowest BCUT2D eigenvalue weighted by molar-refractivity contribution is 0.0200. The van der Waals surface area contributed by atoms with Crippen LogP contribution in [0.4, 0.5) is 0 Å². The van der Waals surface area contributed by atoms with Gasteiger partial charge in [-0.3, -0.25) is 0 Å². The van der Waals surface area contributed by atoms with Gasteiger partial charge in [-0.15, -0.1) is 0 Å². The van der Waals surface area contributed by atoms with Crippen molar-refractivity contribution in [3.8, 4) is 0 Å². The van der Waals surface area contributed by atoms with E-state index in [0.717, 1.165) is 19.3 Å². The second-order valence-corrected chi connectivity index (χ2v) is 7.43. The van der Waals surface area contributed by atoms with Gasteiger partial charge in [0.05, 0.1) is 17.6 Å². The molecule has 1 aliphatic heterocycles. The summed E-state index contributed by atoms with van der Waals surface area (Å²) >= 11 is 0. The maximum atomic E-state index is 12.3. The van der Waals surface area contributed by atoms with Crippen molar-refractivity contribution in [2.24, 2.45) is 0 Å². The molecule has 120 valence electrons. The first kappa shape index (κ1) is 16.5. The molecule has 2 N–H and O–H groups in total. The van der Waals surface area contributed by atoms with E-state index in [4.69, 9.17) is 4.74 Å². The summed E-state index contributed by atoms with van der Waals surface area (Å²) in [7, 11) is -3.57. The summed E-state index contributed by atoms with van der Waals surface area (Å²) in [5, 5.41) is 9.32. The van der Waals surface area contributed by atoms with Crippen LogP contribution in [0.3, 0.4) is 0 Å². The third-order valence-corrected chi connectivity index (χ3v) is 5.10. The smallest absolute Gasteiger partial charge is 0.242 e. The molecule has 0 aromatic carbocycles. The van der Waals surface area contributed by atoms with E-state index in [2.05, 4.69) is 4.72 Å². The van der Waals surface area contributed by atoms with E-state index in [1.165, 1.54) is 6.07 Å². The van der Waals surface area contributed by atoms with Gasteiger partial charge in [0.25, 0.3) is 0 Å². The van der Waals surface area contributed by atoms with Gasteiger partial charge in [0.15, 0.2) is 0 Å². The molecule has 1 aliphatic rings. The Balaban J connectivity index is 2.08. The van der Waals surface area contributed by atoms with Crippen LogP contribution in [0.2, 0.25) is 0 Å². The van der Waals surface area contributed by atoms with Crippen molar-refractivity contribution >= 4 is 10.0 Å². The monoisotopic (exact) mass is 316 g/mol. The molecule has 6 nitrogen and oxygen atoms in total. The molecule has 7 heteroatoms. The minimum atomic E-state index is -3.57. The molecule has 1 fully saturated rings. The highest BCUT2D eigenvalue weighted by Gasteiger charge is 2.22. The number of aromatic nitrogens is 1. The number of ether oxygens (including phenoxy) is 1. The van der Waals surface area contributed by atoms with Gasteiger partial charge in [-0.25, -0.2) is 13.1 Å². The van der Waals surface area contributed by atoms with Crippen LogP contribution in [-0.4, -0.2) is 37.3 Å². The summed E-state index contributed by atoms with van der Waals surface area (Å²) in [5.41, 5.74) is 0.597. The number of nitrogens with one attached hydrogen (secondary N) is 1. The van der Waals surface area contributed by atoms with E-state index in [1.807, 2.05) is 13.8 Å². The molecule has 1 unspecified atom stereocenters. The number of hydrogen-bond donors (Lipinski definition) is 2. The van der Waals surface area contributed by atoms with E-state index >= 15 is 0 Å². The van der Waals surface area contributed by atoms with Crippen LogP contribution in [0.15, 0.2) is 17.2 Å². The summed E-state index contributed by atoms with van der Waals surface area (Å²) in [6.07, 6.45) is 4.53. The van der Waals surface area contributed by atoms with Crippen LogP contribution in [0, 0.1) is 0 Å². The molecule has 1 aromatic rings. The van der Waals surface area contributed by atoms with Crippen LogP contribution in [0.25, 0.3) is 0 Å². The molecule has 1 atom stereocenters. The standard InChI is InChI=1S/C14H24N2O4S/c1-11(2)16-9-14(7-12(16)10-17)21(18,19)15-8-13-5-3-4-6-20-13/h7,9,11,13,15,17H,3-6,8,10H2,1-2H3. The Bertz CT molecular complexity index is 560. The topological polar surface area (TPSA) is 80.6 Å². The van der Waals surface area contributed by atoms with Crippen molar-refractivity contribution in [3.05, 3.63) is 18.0 Å². The van der Waals surface area contributed by atoms with Crippen molar-refractivity contribution in [3.63, 3.8) is 0 Å². The zero-order valence-electron chi connectivity index (χ0n) is 12.6. The third-order valence-electron chi connectivity index (χ3n) is 3.71. The summed E-state index contributed by atoms with van der Waals surface area (Å²) < 4.78 is 34.5. The Morgan fingerprint density at radius 1 is 1.48 bits per heavy atom. The molecule has 2 heterocycles. The highest BCUT2D eigenvalue weighted by Crippen LogP contribution is 2.19. The zero-order chi connectivity index (χ0) is 15.5. The Kier molecular flexibility index (Phi) is 5.43. The first-order valence-electron chi connectivity index (χ1n) is 7.37. The van der Waals surface area contributed by atoms with E-state index < -0.39 is 10.0 Å². The van der Waals surface area contributed by atoms with Gasteiger partial charge >= 0.3 is 0 Å². The molecule has 0 aliphatic carbocycles. The molecular weight excluding hydrogens is 292 g/mol. The minimum absolute atomic E-state index is 0.0435. The van der Waals surface area contributed by atoms with E-state index in [1.54, 1.807) is 10.8 Å². The Hall–Kier alpha value is -0.890. The van der Waals surface area contributed by atoms with E-state index in [0.29, 0.717) is 18.8 Å². The lowest BCUT2D eigenvalue weighted by Crippen LogP contribution is -2.35. The summed E-state index contributed by atoms with van der Waals surface area (Å²) in [6, 6.07) is 1.61. The Morgan fingerprint density at radius 3 is 2.76 bits per heavy atom. The number of aliphatic hydroxyl groups is 1. The largest absolute Gasteiger partial charge is 0.390 e. The second kappa shape index (κ2) is 6.91. The Labute approximate surface area is 126 Å². The number of aliphatic hydroxyl groups excluding tert-OH is 1. The lowest BCUT2D eigenvalue weighted by Gasteiger charge is -2.22. The number of rotatable bonds is 6. The molecule has 0 bridgehead atoms. The summed E-state index contributed by atoms with van der Waals surface area (Å²) in [4.78, 5) is 0.191. The molecule has 0 amide bonds. The first-order valence-corrected chi connectivity index (χ1v) is 8.85. The van der Waals surface area contributed by atoms with Gasteiger partial charge in [0.2, 0.25) is 10.0 Å². The van der Waals surface area contributed by atoms with E-state index in [9.17, 15) is 13.5 Å². The van der Waals surface area contributed by atoms with Gasteiger partial charge in [-0.2, -0.15) is 0 Å². The van der Waals surface area contributed by atoms with Crippen molar-refractivity contribution < 1.29 is 18.3 Å². The second-order valence-electron chi connectivity index (χ2n) is 5.67.